The first-order valence-corrected chi connectivity index (χ1v) is 9.37. The fourth-order valence-corrected chi connectivity index (χ4v) is 3.36. The van der Waals surface area contributed by atoms with Crippen molar-refractivity contribution in [2.24, 2.45) is 5.92 Å². The highest BCUT2D eigenvalue weighted by molar-refractivity contribution is 7.98. The van der Waals surface area contributed by atoms with Gasteiger partial charge in [-0.15, -0.1) is 0 Å². The molecule has 24 heavy (non-hydrogen) atoms. The normalized spacial score (nSPS) is 15.3. The van der Waals surface area contributed by atoms with Crippen molar-refractivity contribution in [1.82, 2.24) is 14.8 Å². The quantitative estimate of drug-likeness (QED) is 0.804. The second-order valence-electron chi connectivity index (χ2n) is 6.23. The van der Waals surface area contributed by atoms with Crippen molar-refractivity contribution in [3.8, 4) is 5.69 Å². The van der Waals surface area contributed by atoms with Gasteiger partial charge in [-0.1, -0.05) is 6.92 Å². The number of halogens is 1. The number of nitrogens with zero attached hydrogens (tertiary/aromatic N) is 4. The van der Waals surface area contributed by atoms with Crippen molar-refractivity contribution >= 4 is 23.4 Å². The maximum atomic E-state index is 13.4. The molecule has 0 aliphatic heterocycles. The zero-order valence-electron chi connectivity index (χ0n) is 14.1. The van der Waals surface area contributed by atoms with Gasteiger partial charge in [0.1, 0.15) is 5.82 Å². The lowest BCUT2D eigenvalue weighted by Crippen LogP contribution is -2.33. The van der Waals surface area contributed by atoms with E-state index in [1.54, 1.807) is 40.8 Å². The highest BCUT2D eigenvalue weighted by atomic mass is 32.2. The predicted molar refractivity (Wildman–Crippen MR) is 94.2 cm³/mol. The standard InChI is InChI=1S/C17H21FN4OS/c1-11(10-24-3)17(23)21(2)15-9-22(20-16(15)12-4-5-12)14-6-13(18)7-19-8-14/h6-9,11-12H,4-5,10H2,1-3H3. The Hall–Kier alpha value is -1.89. The zero-order valence-corrected chi connectivity index (χ0v) is 14.9. The molecule has 3 rings (SSSR count). The Bertz CT molecular complexity index is 744. The van der Waals surface area contributed by atoms with Crippen LogP contribution in [0.4, 0.5) is 10.1 Å². The van der Waals surface area contributed by atoms with E-state index < -0.39 is 5.82 Å². The summed E-state index contributed by atoms with van der Waals surface area (Å²) in [5.41, 5.74) is 2.27. The van der Waals surface area contributed by atoms with Crippen molar-refractivity contribution < 1.29 is 9.18 Å². The maximum absolute atomic E-state index is 13.4. The van der Waals surface area contributed by atoms with E-state index in [-0.39, 0.29) is 11.8 Å². The van der Waals surface area contributed by atoms with Crippen molar-refractivity contribution in [2.45, 2.75) is 25.7 Å². The third-order valence-corrected chi connectivity index (χ3v) is 5.01. The lowest BCUT2D eigenvalue weighted by molar-refractivity contribution is -0.120. The summed E-state index contributed by atoms with van der Waals surface area (Å²) in [5, 5.41) is 4.60. The van der Waals surface area contributed by atoms with Gasteiger partial charge < -0.3 is 4.90 Å². The van der Waals surface area contributed by atoms with E-state index in [0.29, 0.717) is 11.6 Å². The molecule has 2 aromatic heterocycles. The average molecular weight is 348 g/mol. The number of carbonyl (C=O) groups is 1. The summed E-state index contributed by atoms with van der Waals surface area (Å²) in [4.78, 5) is 18.2. The number of aromatic nitrogens is 3. The van der Waals surface area contributed by atoms with E-state index in [2.05, 4.69) is 10.1 Å². The van der Waals surface area contributed by atoms with Gasteiger partial charge in [0.25, 0.3) is 0 Å². The molecule has 1 aliphatic rings. The van der Waals surface area contributed by atoms with Crippen LogP contribution in [0.5, 0.6) is 0 Å². The SMILES string of the molecule is CSCC(C)C(=O)N(C)c1cn(-c2cncc(F)c2)nc1C1CC1. The molecule has 5 nitrogen and oxygen atoms in total. The first-order chi connectivity index (χ1) is 11.5. The number of carbonyl (C=O) groups excluding carboxylic acids is 1. The molecule has 1 aliphatic carbocycles. The molecule has 1 saturated carbocycles. The minimum Gasteiger partial charge on any atom is -0.312 e. The first-order valence-electron chi connectivity index (χ1n) is 7.98. The Morgan fingerprint density at radius 1 is 1.50 bits per heavy atom. The molecule has 1 amide bonds. The minimum absolute atomic E-state index is 0.0590. The number of pyridine rings is 1. The van der Waals surface area contributed by atoms with Gasteiger partial charge in [-0.2, -0.15) is 16.9 Å². The number of thioether (sulfide) groups is 1. The Balaban J connectivity index is 1.93. The van der Waals surface area contributed by atoms with Gasteiger partial charge >= 0.3 is 0 Å². The molecule has 0 N–H and O–H groups in total. The van der Waals surface area contributed by atoms with Crippen LogP contribution in [0.25, 0.3) is 5.69 Å². The molecular weight excluding hydrogens is 327 g/mol. The molecule has 128 valence electrons. The molecule has 7 heteroatoms. The van der Waals surface area contributed by atoms with Crippen LogP contribution in [0.3, 0.4) is 0 Å². The van der Waals surface area contributed by atoms with E-state index in [9.17, 15) is 9.18 Å². The number of anilines is 1. The van der Waals surface area contributed by atoms with Crippen LogP contribution < -0.4 is 4.90 Å². The molecule has 1 atom stereocenters. The third-order valence-electron chi connectivity index (χ3n) is 4.17. The molecular formula is C17H21FN4OS. The summed E-state index contributed by atoms with van der Waals surface area (Å²) in [6, 6.07) is 1.39. The summed E-state index contributed by atoms with van der Waals surface area (Å²) >= 11 is 1.66. The molecule has 0 spiro atoms. The Morgan fingerprint density at radius 2 is 2.25 bits per heavy atom. The van der Waals surface area contributed by atoms with Crippen molar-refractivity contribution in [3.63, 3.8) is 0 Å². The molecule has 1 unspecified atom stereocenters. The van der Waals surface area contributed by atoms with Gasteiger partial charge in [-0.25, -0.2) is 9.07 Å². The van der Waals surface area contributed by atoms with Gasteiger partial charge in [0.2, 0.25) is 5.91 Å². The second-order valence-corrected chi connectivity index (χ2v) is 7.14. The zero-order chi connectivity index (χ0) is 17.3. The summed E-state index contributed by atoms with van der Waals surface area (Å²) in [6.45, 7) is 1.94. The fraction of sp³-hybridized carbons (Fsp3) is 0.471. The largest absolute Gasteiger partial charge is 0.312 e. The Morgan fingerprint density at radius 3 is 2.88 bits per heavy atom. The molecule has 0 bridgehead atoms. The Kier molecular flexibility index (Phi) is 4.89. The van der Waals surface area contributed by atoms with Crippen LogP contribution >= 0.6 is 11.8 Å². The number of hydrogen-bond donors (Lipinski definition) is 0. The molecule has 0 radical (unpaired) electrons. The molecule has 0 saturated heterocycles. The average Bonchev–Trinajstić information content (AvgIpc) is 3.32. The fourth-order valence-electron chi connectivity index (χ4n) is 2.71. The van der Waals surface area contributed by atoms with Crippen LogP contribution in [0.2, 0.25) is 0 Å². The van der Waals surface area contributed by atoms with E-state index >= 15 is 0 Å². The molecule has 2 aromatic rings. The molecule has 1 fully saturated rings. The van der Waals surface area contributed by atoms with Crippen LogP contribution in [0.1, 0.15) is 31.4 Å². The predicted octanol–water partition coefficient (Wildman–Crippen LogP) is 3.25. The minimum atomic E-state index is -0.407. The van der Waals surface area contributed by atoms with Gasteiger partial charge in [0, 0.05) is 30.7 Å². The van der Waals surface area contributed by atoms with Gasteiger partial charge in [0.05, 0.1) is 35.7 Å². The van der Waals surface area contributed by atoms with Crippen LogP contribution in [0, 0.1) is 11.7 Å². The van der Waals surface area contributed by atoms with Gasteiger partial charge in [-0.05, 0) is 19.1 Å². The van der Waals surface area contributed by atoms with Gasteiger partial charge in [0.15, 0.2) is 0 Å². The topological polar surface area (TPSA) is 51.0 Å². The van der Waals surface area contributed by atoms with Crippen LogP contribution in [-0.4, -0.2) is 39.7 Å². The van der Waals surface area contributed by atoms with Crippen molar-refractivity contribution in [3.05, 3.63) is 36.2 Å². The molecule has 0 aromatic carbocycles. The van der Waals surface area contributed by atoms with E-state index in [1.165, 1.54) is 6.07 Å². The van der Waals surface area contributed by atoms with E-state index in [1.807, 2.05) is 13.2 Å². The highest BCUT2D eigenvalue weighted by Gasteiger charge is 2.32. The molecule has 2 heterocycles. The maximum Gasteiger partial charge on any atom is 0.230 e. The number of amides is 1. The first kappa shape index (κ1) is 17.0. The Labute approximate surface area is 145 Å². The van der Waals surface area contributed by atoms with E-state index in [0.717, 1.165) is 36.2 Å². The van der Waals surface area contributed by atoms with Crippen molar-refractivity contribution in [2.75, 3.05) is 24.0 Å². The number of hydrogen-bond acceptors (Lipinski definition) is 4. The lowest BCUT2D eigenvalue weighted by Gasteiger charge is -2.20. The summed E-state index contributed by atoms with van der Waals surface area (Å²) in [5.74, 6) is 0.771. The van der Waals surface area contributed by atoms with Crippen molar-refractivity contribution in [1.29, 1.82) is 0 Å². The summed E-state index contributed by atoms with van der Waals surface area (Å²) in [6.07, 6.45) is 8.67. The highest BCUT2D eigenvalue weighted by Crippen LogP contribution is 2.43. The summed E-state index contributed by atoms with van der Waals surface area (Å²) < 4.78 is 15.1. The van der Waals surface area contributed by atoms with Crippen LogP contribution in [-0.2, 0) is 4.79 Å². The summed E-state index contributed by atoms with van der Waals surface area (Å²) in [7, 11) is 1.79. The van der Waals surface area contributed by atoms with Crippen LogP contribution in [0.15, 0.2) is 24.7 Å². The monoisotopic (exact) mass is 348 g/mol. The lowest BCUT2D eigenvalue weighted by atomic mass is 10.1. The smallest absolute Gasteiger partial charge is 0.230 e. The number of rotatable bonds is 6. The van der Waals surface area contributed by atoms with Gasteiger partial charge in [-0.3, -0.25) is 9.78 Å². The third kappa shape index (κ3) is 3.45. The second kappa shape index (κ2) is 6.93. The van der Waals surface area contributed by atoms with E-state index in [4.69, 9.17) is 0 Å².